The fraction of sp³-hybridized carbons (Fsp3) is 0.533. The van der Waals surface area contributed by atoms with E-state index in [2.05, 4.69) is 21.4 Å². The average Bonchev–Trinajstić information content (AvgIpc) is 2.49. The number of hydrogen-bond donors (Lipinski definition) is 2. The summed E-state index contributed by atoms with van der Waals surface area (Å²) in [5.41, 5.74) is 2.61. The molecule has 1 amide bonds. The highest BCUT2D eigenvalue weighted by Crippen LogP contribution is 2.27. The summed E-state index contributed by atoms with van der Waals surface area (Å²) in [6.07, 6.45) is 7.71. The van der Waals surface area contributed by atoms with Crippen molar-refractivity contribution >= 4 is 21.8 Å². The Morgan fingerprint density at radius 1 is 1.35 bits per heavy atom. The Morgan fingerprint density at radius 2 is 2.10 bits per heavy atom. The molecular formula is C15H21BrN2O2. The lowest BCUT2D eigenvalue weighted by atomic mass is 9.87. The van der Waals surface area contributed by atoms with E-state index in [1.165, 1.54) is 32.1 Å². The van der Waals surface area contributed by atoms with Gasteiger partial charge in [0.1, 0.15) is 5.75 Å². The first-order valence-corrected chi connectivity index (χ1v) is 7.93. The van der Waals surface area contributed by atoms with Crippen LogP contribution in [0.5, 0.6) is 5.75 Å². The van der Waals surface area contributed by atoms with Crippen molar-refractivity contribution in [1.29, 1.82) is 0 Å². The maximum atomic E-state index is 11.7. The van der Waals surface area contributed by atoms with Gasteiger partial charge in [0.25, 0.3) is 5.91 Å². The fourth-order valence-electron chi connectivity index (χ4n) is 2.69. The van der Waals surface area contributed by atoms with Gasteiger partial charge in [-0.2, -0.15) is 0 Å². The second kappa shape index (κ2) is 7.64. The van der Waals surface area contributed by atoms with Crippen molar-refractivity contribution in [3.8, 4) is 5.75 Å². The number of ether oxygens (including phenoxy) is 1. The first-order chi connectivity index (χ1) is 9.70. The molecule has 0 heterocycles. The molecule has 0 aliphatic heterocycles. The molecule has 0 radical (unpaired) electrons. The van der Waals surface area contributed by atoms with Crippen LogP contribution in [0.1, 0.15) is 48.9 Å². The minimum atomic E-state index is -0.334. The third kappa shape index (κ3) is 4.21. The zero-order chi connectivity index (χ0) is 14.4. The van der Waals surface area contributed by atoms with E-state index < -0.39 is 0 Å². The van der Waals surface area contributed by atoms with Crippen LogP contribution in [0.4, 0.5) is 0 Å². The number of hydrogen-bond acceptors (Lipinski definition) is 3. The number of nitrogens with one attached hydrogen (secondary N) is 1. The van der Waals surface area contributed by atoms with Crippen molar-refractivity contribution < 1.29 is 9.53 Å². The molecule has 0 saturated heterocycles. The molecule has 0 atom stereocenters. The molecule has 1 aliphatic rings. The fourth-order valence-corrected chi connectivity index (χ4v) is 3.06. The minimum Gasteiger partial charge on any atom is -0.493 e. The maximum Gasteiger partial charge on any atom is 0.268 e. The van der Waals surface area contributed by atoms with Crippen molar-refractivity contribution in [1.82, 2.24) is 5.43 Å². The van der Waals surface area contributed by atoms with Crippen molar-refractivity contribution in [2.75, 3.05) is 6.61 Å². The van der Waals surface area contributed by atoms with Crippen LogP contribution in [0.15, 0.2) is 22.7 Å². The number of halogens is 1. The summed E-state index contributed by atoms with van der Waals surface area (Å²) in [6, 6.07) is 5.39. The molecule has 110 valence electrons. The summed E-state index contributed by atoms with van der Waals surface area (Å²) in [5.74, 6) is 6.22. The molecule has 2 rings (SSSR count). The zero-order valence-electron chi connectivity index (χ0n) is 11.5. The van der Waals surface area contributed by atoms with Gasteiger partial charge in [-0.05, 0) is 30.5 Å². The summed E-state index contributed by atoms with van der Waals surface area (Å²) in [5, 5.41) is 0. The van der Waals surface area contributed by atoms with Crippen LogP contribution >= 0.6 is 15.9 Å². The quantitative estimate of drug-likeness (QED) is 0.490. The Labute approximate surface area is 128 Å². The molecule has 3 N–H and O–H groups in total. The topological polar surface area (TPSA) is 64.3 Å². The van der Waals surface area contributed by atoms with Gasteiger partial charge in [0.05, 0.1) is 12.2 Å². The Balaban J connectivity index is 1.92. The number of carbonyl (C=O) groups excluding carboxylic acids is 1. The lowest BCUT2D eigenvalue weighted by molar-refractivity contribution is 0.0949. The highest BCUT2D eigenvalue weighted by Gasteiger charge is 2.15. The van der Waals surface area contributed by atoms with Gasteiger partial charge >= 0.3 is 0 Å². The molecule has 4 nitrogen and oxygen atoms in total. The van der Waals surface area contributed by atoms with E-state index in [1.807, 2.05) is 6.07 Å². The highest BCUT2D eigenvalue weighted by molar-refractivity contribution is 9.10. The molecule has 0 unspecified atom stereocenters. The molecule has 20 heavy (non-hydrogen) atoms. The lowest BCUT2D eigenvalue weighted by Gasteiger charge is -2.21. The van der Waals surface area contributed by atoms with Crippen LogP contribution in [0.3, 0.4) is 0 Å². The second-order valence-corrected chi connectivity index (χ2v) is 6.17. The van der Waals surface area contributed by atoms with E-state index in [0.29, 0.717) is 17.9 Å². The Kier molecular flexibility index (Phi) is 5.86. The first-order valence-electron chi connectivity index (χ1n) is 7.14. The van der Waals surface area contributed by atoms with E-state index in [4.69, 9.17) is 10.6 Å². The Bertz CT molecular complexity index is 459. The van der Waals surface area contributed by atoms with E-state index in [0.717, 1.165) is 16.8 Å². The number of hydrazine groups is 1. The van der Waals surface area contributed by atoms with Crippen LogP contribution in [-0.2, 0) is 0 Å². The Hall–Kier alpha value is -1.07. The van der Waals surface area contributed by atoms with Crippen molar-refractivity contribution in [2.24, 2.45) is 11.8 Å². The van der Waals surface area contributed by atoms with Crippen molar-refractivity contribution in [2.45, 2.75) is 38.5 Å². The molecule has 1 saturated carbocycles. The number of nitrogens with two attached hydrogens (primary N) is 1. The van der Waals surface area contributed by atoms with Gasteiger partial charge in [-0.15, -0.1) is 0 Å². The number of amides is 1. The van der Waals surface area contributed by atoms with E-state index in [1.54, 1.807) is 12.1 Å². The summed E-state index contributed by atoms with van der Waals surface area (Å²) in [7, 11) is 0. The molecule has 1 fully saturated rings. The third-order valence-electron chi connectivity index (χ3n) is 3.83. The van der Waals surface area contributed by atoms with Crippen LogP contribution in [0.25, 0.3) is 0 Å². The van der Waals surface area contributed by atoms with Gasteiger partial charge in [0.2, 0.25) is 0 Å². The van der Waals surface area contributed by atoms with Gasteiger partial charge in [-0.25, -0.2) is 5.84 Å². The summed E-state index contributed by atoms with van der Waals surface area (Å²) in [6.45, 7) is 0.650. The van der Waals surface area contributed by atoms with Crippen LogP contribution in [0, 0.1) is 5.92 Å². The van der Waals surface area contributed by atoms with E-state index in [-0.39, 0.29) is 5.91 Å². The molecule has 0 bridgehead atoms. The molecule has 1 aromatic rings. The van der Waals surface area contributed by atoms with Gasteiger partial charge in [-0.1, -0.05) is 48.0 Å². The third-order valence-corrected chi connectivity index (χ3v) is 4.32. The van der Waals surface area contributed by atoms with Crippen LogP contribution < -0.4 is 16.0 Å². The van der Waals surface area contributed by atoms with E-state index in [9.17, 15) is 4.79 Å². The van der Waals surface area contributed by atoms with Gasteiger partial charge in [0, 0.05) is 4.47 Å². The predicted molar refractivity (Wildman–Crippen MR) is 82.5 cm³/mol. The maximum absolute atomic E-state index is 11.7. The van der Waals surface area contributed by atoms with Crippen molar-refractivity contribution in [3.63, 3.8) is 0 Å². The number of nitrogen functional groups attached to an aromatic ring is 1. The number of carbonyl (C=O) groups is 1. The van der Waals surface area contributed by atoms with Crippen molar-refractivity contribution in [3.05, 3.63) is 28.2 Å². The standard InChI is InChI=1S/C15H21BrN2O2/c16-12-6-7-14(13(10-12)15(19)18-17)20-9-8-11-4-2-1-3-5-11/h6-7,10-11H,1-5,8-9,17H2,(H,18,19). The molecule has 5 heteroatoms. The molecule has 1 aromatic carbocycles. The predicted octanol–water partition coefficient (Wildman–Crippen LogP) is 3.40. The normalized spacial score (nSPS) is 15.9. The molecule has 1 aliphatic carbocycles. The highest BCUT2D eigenvalue weighted by atomic mass is 79.9. The van der Waals surface area contributed by atoms with Gasteiger partial charge < -0.3 is 4.74 Å². The Morgan fingerprint density at radius 3 is 2.80 bits per heavy atom. The lowest BCUT2D eigenvalue weighted by Crippen LogP contribution is -2.30. The molecule has 0 aromatic heterocycles. The summed E-state index contributed by atoms with van der Waals surface area (Å²) >= 11 is 3.35. The number of rotatable bonds is 5. The average molecular weight is 341 g/mol. The largest absolute Gasteiger partial charge is 0.493 e. The molecular weight excluding hydrogens is 320 g/mol. The van der Waals surface area contributed by atoms with Crippen LogP contribution in [0.2, 0.25) is 0 Å². The molecule has 0 spiro atoms. The van der Waals surface area contributed by atoms with E-state index >= 15 is 0 Å². The van der Waals surface area contributed by atoms with Gasteiger partial charge in [-0.3, -0.25) is 10.2 Å². The summed E-state index contributed by atoms with van der Waals surface area (Å²) < 4.78 is 6.61. The van der Waals surface area contributed by atoms with Crippen LogP contribution in [-0.4, -0.2) is 12.5 Å². The second-order valence-electron chi connectivity index (χ2n) is 5.26. The summed E-state index contributed by atoms with van der Waals surface area (Å²) in [4.78, 5) is 11.7. The SMILES string of the molecule is NNC(=O)c1cc(Br)ccc1OCCC1CCCCC1. The first kappa shape index (κ1) is 15.3. The number of benzene rings is 1. The zero-order valence-corrected chi connectivity index (χ0v) is 13.1. The smallest absolute Gasteiger partial charge is 0.268 e. The monoisotopic (exact) mass is 340 g/mol. The minimum absolute atomic E-state index is 0.334. The van der Waals surface area contributed by atoms with Gasteiger partial charge in [0.15, 0.2) is 0 Å².